The average molecular weight is 237 g/mol. The highest BCUT2D eigenvalue weighted by molar-refractivity contribution is 5.29. The predicted molar refractivity (Wildman–Crippen MR) is 64.9 cm³/mol. The van der Waals surface area contributed by atoms with Crippen LogP contribution in [0.2, 0.25) is 0 Å². The van der Waals surface area contributed by atoms with Crippen molar-refractivity contribution in [1.29, 1.82) is 0 Å². The van der Waals surface area contributed by atoms with Gasteiger partial charge in [-0.2, -0.15) is 0 Å². The standard InChI is InChI=1S/C13H19NO3/c1-16-11-4-2-3-9(5-11)13(15)8-17-12-6-10(14)7-12/h2-5,10,12-13,15H,6-8,14H2,1H3. The third-order valence-corrected chi connectivity index (χ3v) is 3.10. The van der Waals surface area contributed by atoms with Crippen molar-refractivity contribution >= 4 is 0 Å². The van der Waals surface area contributed by atoms with Gasteiger partial charge in [-0.25, -0.2) is 0 Å². The summed E-state index contributed by atoms with van der Waals surface area (Å²) in [5.74, 6) is 0.743. The van der Waals surface area contributed by atoms with Crippen molar-refractivity contribution in [3.8, 4) is 5.75 Å². The van der Waals surface area contributed by atoms with E-state index in [1.165, 1.54) is 0 Å². The first-order valence-electron chi connectivity index (χ1n) is 5.88. The summed E-state index contributed by atoms with van der Waals surface area (Å²) in [6.07, 6.45) is 1.39. The number of rotatable bonds is 5. The van der Waals surface area contributed by atoms with E-state index in [4.69, 9.17) is 15.2 Å². The Bertz CT molecular complexity index is 363. The smallest absolute Gasteiger partial charge is 0.119 e. The molecular formula is C13H19NO3. The van der Waals surface area contributed by atoms with E-state index in [1.807, 2.05) is 24.3 Å². The molecule has 3 N–H and O–H groups in total. The Morgan fingerprint density at radius 3 is 2.88 bits per heavy atom. The summed E-state index contributed by atoms with van der Waals surface area (Å²) in [7, 11) is 1.61. The molecule has 0 amide bonds. The molecule has 1 aromatic rings. The normalized spacial score (nSPS) is 25.1. The lowest BCUT2D eigenvalue weighted by Crippen LogP contribution is -2.42. The van der Waals surface area contributed by atoms with Crippen LogP contribution in [0.15, 0.2) is 24.3 Å². The second-order valence-electron chi connectivity index (χ2n) is 4.48. The van der Waals surface area contributed by atoms with Crippen molar-refractivity contribution < 1.29 is 14.6 Å². The van der Waals surface area contributed by atoms with Crippen molar-refractivity contribution in [3.63, 3.8) is 0 Å². The zero-order valence-electron chi connectivity index (χ0n) is 10.0. The van der Waals surface area contributed by atoms with Crippen LogP contribution in [0.25, 0.3) is 0 Å². The van der Waals surface area contributed by atoms with E-state index in [1.54, 1.807) is 7.11 Å². The Kier molecular flexibility index (Phi) is 3.99. The van der Waals surface area contributed by atoms with Gasteiger partial charge in [0.1, 0.15) is 11.9 Å². The van der Waals surface area contributed by atoms with Crippen LogP contribution in [-0.4, -0.2) is 31.0 Å². The molecule has 1 fully saturated rings. The summed E-state index contributed by atoms with van der Waals surface area (Å²) >= 11 is 0. The first kappa shape index (κ1) is 12.4. The quantitative estimate of drug-likeness (QED) is 0.808. The molecule has 1 aromatic carbocycles. The van der Waals surface area contributed by atoms with Crippen molar-refractivity contribution in [2.75, 3.05) is 13.7 Å². The second-order valence-corrected chi connectivity index (χ2v) is 4.48. The number of ether oxygens (including phenoxy) is 2. The van der Waals surface area contributed by atoms with Gasteiger partial charge in [0, 0.05) is 6.04 Å². The van der Waals surface area contributed by atoms with Gasteiger partial charge in [-0.15, -0.1) is 0 Å². The van der Waals surface area contributed by atoms with E-state index in [2.05, 4.69) is 0 Å². The maximum Gasteiger partial charge on any atom is 0.119 e. The van der Waals surface area contributed by atoms with E-state index in [0.717, 1.165) is 24.2 Å². The van der Waals surface area contributed by atoms with Crippen molar-refractivity contribution in [1.82, 2.24) is 0 Å². The van der Waals surface area contributed by atoms with Crippen LogP contribution < -0.4 is 10.5 Å². The molecule has 0 bridgehead atoms. The lowest BCUT2D eigenvalue weighted by Gasteiger charge is -2.32. The monoisotopic (exact) mass is 237 g/mol. The molecule has 1 unspecified atom stereocenters. The highest BCUT2D eigenvalue weighted by atomic mass is 16.5. The van der Waals surface area contributed by atoms with Crippen LogP contribution in [0.3, 0.4) is 0 Å². The van der Waals surface area contributed by atoms with Gasteiger partial charge < -0.3 is 20.3 Å². The fourth-order valence-electron chi connectivity index (χ4n) is 1.91. The Labute approximate surface area is 101 Å². The SMILES string of the molecule is COc1cccc(C(O)COC2CC(N)C2)c1. The lowest BCUT2D eigenvalue weighted by molar-refractivity contribution is -0.0496. The Balaban J connectivity index is 1.83. The largest absolute Gasteiger partial charge is 0.497 e. The molecular weight excluding hydrogens is 218 g/mol. The van der Waals surface area contributed by atoms with Crippen molar-refractivity contribution in [3.05, 3.63) is 29.8 Å². The highest BCUT2D eigenvalue weighted by Gasteiger charge is 2.27. The lowest BCUT2D eigenvalue weighted by atomic mass is 9.90. The van der Waals surface area contributed by atoms with Crippen LogP contribution >= 0.6 is 0 Å². The van der Waals surface area contributed by atoms with Gasteiger partial charge in [0.25, 0.3) is 0 Å². The molecule has 0 heterocycles. The molecule has 0 aromatic heterocycles. The average Bonchev–Trinajstić information content (AvgIpc) is 2.33. The van der Waals surface area contributed by atoms with Gasteiger partial charge in [0.15, 0.2) is 0 Å². The first-order chi connectivity index (χ1) is 8.19. The molecule has 0 radical (unpaired) electrons. The minimum atomic E-state index is -0.609. The van der Waals surface area contributed by atoms with Crippen LogP contribution in [0.4, 0.5) is 0 Å². The zero-order valence-corrected chi connectivity index (χ0v) is 10.0. The molecule has 4 heteroatoms. The number of hydrogen-bond acceptors (Lipinski definition) is 4. The zero-order chi connectivity index (χ0) is 12.3. The first-order valence-corrected chi connectivity index (χ1v) is 5.88. The number of aliphatic hydroxyl groups excluding tert-OH is 1. The summed E-state index contributed by atoms with van der Waals surface area (Å²) in [5.41, 5.74) is 6.48. The number of nitrogens with two attached hydrogens (primary N) is 1. The second kappa shape index (κ2) is 5.49. The number of aliphatic hydroxyl groups is 1. The summed E-state index contributed by atoms with van der Waals surface area (Å²) < 4.78 is 10.7. The van der Waals surface area contributed by atoms with Gasteiger partial charge >= 0.3 is 0 Å². The Morgan fingerprint density at radius 1 is 1.47 bits per heavy atom. The maximum absolute atomic E-state index is 9.96. The van der Waals surface area contributed by atoms with E-state index in [9.17, 15) is 5.11 Å². The number of hydrogen-bond donors (Lipinski definition) is 2. The summed E-state index contributed by atoms with van der Waals surface area (Å²) in [6.45, 7) is 0.310. The van der Waals surface area contributed by atoms with Crippen LogP contribution in [0.5, 0.6) is 5.75 Å². The van der Waals surface area contributed by atoms with E-state index in [0.29, 0.717) is 6.61 Å². The molecule has 94 valence electrons. The Hall–Kier alpha value is -1.10. The Morgan fingerprint density at radius 2 is 2.24 bits per heavy atom. The maximum atomic E-state index is 9.96. The third kappa shape index (κ3) is 3.19. The van der Waals surface area contributed by atoms with E-state index in [-0.39, 0.29) is 12.1 Å². The van der Waals surface area contributed by atoms with Gasteiger partial charge in [0.2, 0.25) is 0 Å². The molecule has 1 aliphatic rings. The van der Waals surface area contributed by atoms with Gasteiger partial charge in [-0.1, -0.05) is 12.1 Å². The highest BCUT2D eigenvalue weighted by Crippen LogP contribution is 2.24. The summed E-state index contributed by atoms with van der Waals surface area (Å²) in [4.78, 5) is 0. The number of methoxy groups -OCH3 is 1. The molecule has 0 spiro atoms. The molecule has 4 nitrogen and oxygen atoms in total. The molecule has 17 heavy (non-hydrogen) atoms. The molecule has 0 saturated heterocycles. The summed E-state index contributed by atoms with van der Waals surface area (Å²) in [5, 5.41) is 9.96. The molecule has 1 saturated carbocycles. The van der Waals surface area contributed by atoms with Crippen LogP contribution in [-0.2, 0) is 4.74 Å². The molecule has 0 aliphatic heterocycles. The third-order valence-electron chi connectivity index (χ3n) is 3.10. The van der Waals surface area contributed by atoms with Crippen molar-refractivity contribution in [2.24, 2.45) is 5.73 Å². The van der Waals surface area contributed by atoms with Gasteiger partial charge in [0.05, 0.1) is 19.8 Å². The fourth-order valence-corrected chi connectivity index (χ4v) is 1.91. The molecule has 2 rings (SSSR count). The van der Waals surface area contributed by atoms with Gasteiger partial charge in [-0.3, -0.25) is 0 Å². The topological polar surface area (TPSA) is 64.7 Å². The van der Waals surface area contributed by atoms with E-state index < -0.39 is 6.10 Å². The predicted octanol–water partition coefficient (Wildman–Crippen LogP) is 1.23. The summed E-state index contributed by atoms with van der Waals surface area (Å²) in [6, 6.07) is 7.66. The fraction of sp³-hybridized carbons (Fsp3) is 0.538. The number of benzene rings is 1. The van der Waals surface area contributed by atoms with Crippen LogP contribution in [0.1, 0.15) is 24.5 Å². The van der Waals surface area contributed by atoms with Gasteiger partial charge in [-0.05, 0) is 30.5 Å². The molecule has 1 atom stereocenters. The van der Waals surface area contributed by atoms with Crippen molar-refractivity contribution in [2.45, 2.75) is 31.1 Å². The minimum Gasteiger partial charge on any atom is -0.497 e. The minimum absolute atomic E-state index is 0.213. The van der Waals surface area contributed by atoms with Crippen LogP contribution in [0, 0.1) is 0 Å². The van der Waals surface area contributed by atoms with E-state index >= 15 is 0 Å². The molecule has 1 aliphatic carbocycles.